The van der Waals surface area contributed by atoms with E-state index in [1.54, 1.807) is 13.1 Å². The van der Waals surface area contributed by atoms with E-state index in [1.165, 1.54) is 0 Å². The van der Waals surface area contributed by atoms with Gasteiger partial charge in [-0.15, -0.1) is 0 Å². The highest BCUT2D eigenvalue weighted by molar-refractivity contribution is 5.91. The van der Waals surface area contributed by atoms with Crippen LogP contribution in [0, 0.1) is 6.92 Å². The van der Waals surface area contributed by atoms with E-state index in [4.69, 9.17) is 4.42 Å². The van der Waals surface area contributed by atoms with Crippen LogP contribution in [0.1, 0.15) is 28.8 Å². The first kappa shape index (κ1) is 8.84. The molecule has 0 atom stereocenters. The fourth-order valence-electron chi connectivity index (χ4n) is 1.11. The minimum Gasteiger partial charge on any atom is -0.456 e. The Balaban J connectivity index is 2.96. The molecule has 0 aliphatic carbocycles. The fraction of sp³-hybridized carbons (Fsp3) is 0.444. The van der Waals surface area contributed by atoms with Gasteiger partial charge in [-0.3, -0.25) is 4.79 Å². The highest BCUT2D eigenvalue weighted by Crippen LogP contribution is 2.14. The van der Waals surface area contributed by atoms with Crippen molar-refractivity contribution < 1.29 is 9.21 Å². The monoisotopic (exact) mass is 167 g/mol. The van der Waals surface area contributed by atoms with Gasteiger partial charge in [0.25, 0.3) is 5.91 Å². The van der Waals surface area contributed by atoms with Gasteiger partial charge in [-0.1, -0.05) is 6.92 Å². The SMILES string of the molecule is CCc1oc(C(=O)NC)cc1C. The van der Waals surface area contributed by atoms with Crippen LogP contribution in [-0.4, -0.2) is 13.0 Å². The summed E-state index contributed by atoms with van der Waals surface area (Å²) in [6, 6.07) is 1.76. The highest BCUT2D eigenvalue weighted by atomic mass is 16.4. The zero-order valence-corrected chi connectivity index (χ0v) is 7.60. The molecule has 0 spiro atoms. The number of hydrogen-bond donors (Lipinski definition) is 1. The van der Waals surface area contributed by atoms with E-state index in [9.17, 15) is 4.79 Å². The molecule has 0 fully saturated rings. The molecule has 1 N–H and O–H groups in total. The van der Waals surface area contributed by atoms with Gasteiger partial charge in [0.15, 0.2) is 5.76 Å². The second-order valence-electron chi connectivity index (χ2n) is 2.65. The minimum atomic E-state index is -0.169. The molecule has 0 aromatic carbocycles. The van der Waals surface area contributed by atoms with Crippen molar-refractivity contribution in [3.8, 4) is 0 Å². The maximum absolute atomic E-state index is 11.1. The molecule has 12 heavy (non-hydrogen) atoms. The summed E-state index contributed by atoms with van der Waals surface area (Å²) in [5.41, 5.74) is 1.04. The lowest BCUT2D eigenvalue weighted by atomic mass is 10.2. The molecule has 66 valence electrons. The van der Waals surface area contributed by atoms with Crippen molar-refractivity contribution in [3.05, 3.63) is 23.2 Å². The Morgan fingerprint density at radius 2 is 2.33 bits per heavy atom. The van der Waals surface area contributed by atoms with Gasteiger partial charge in [0.2, 0.25) is 0 Å². The predicted molar refractivity (Wildman–Crippen MR) is 46.2 cm³/mol. The zero-order valence-electron chi connectivity index (χ0n) is 7.60. The molecule has 1 rings (SSSR count). The maximum atomic E-state index is 11.1. The molecule has 1 aromatic rings. The van der Waals surface area contributed by atoms with Crippen LogP contribution in [0.3, 0.4) is 0 Å². The number of rotatable bonds is 2. The van der Waals surface area contributed by atoms with E-state index >= 15 is 0 Å². The van der Waals surface area contributed by atoms with E-state index < -0.39 is 0 Å². The first-order valence-electron chi connectivity index (χ1n) is 4.00. The molecule has 0 aliphatic heterocycles. The van der Waals surface area contributed by atoms with Crippen LogP contribution in [0.25, 0.3) is 0 Å². The Morgan fingerprint density at radius 1 is 1.67 bits per heavy atom. The number of furan rings is 1. The van der Waals surface area contributed by atoms with Gasteiger partial charge < -0.3 is 9.73 Å². The normalized spacial score (nSPS) is 9.92. The number of amides is 1. The number of hydrogen-bond acceptors (Lipinski definition) is 2. The lowest BCUT2D eigenvalue weighted by molar-refractivity contribution is 0.0934. The molecule has 0 unspecified atom stereocenters. The third kappa shape index (κ3) is 1.49. The Morgan fingerprint density at radius 3 is 2.75 bits per heavy atom. The Labute approximate surface area is 71.8 Å². The molecule has 0 saturated heterocycles. The molecule has 1 aromatic heterocycles. The van der Waals surface area contributed by atoms with Gasteiger partial charge in [-0.25, -0.2) is 0 Å². The number of nitrogens with one attached hydrogen (secondary N) is 1. The van der Waals surface area contributed by atoms with Crippen molar-refractivity contribution in [2.24, 2.45) is 0 Å². The second kappa shape index (κ2) is 3.43. The quantitative estimate of drug-likeness (QED) is 0.725. The summed E-state index contributed by atoms with van der Waals surface area (Å²) in [6.45, 7) is 3.94. The highest BCUT2D eigenvalue weighted by Gasteiger charge is 2.11. The summed E-state index contributed by atoms with van der Waals surface area (Å²) in [4.78, 5) is 11.1. The van der Waals surface area contributed by atoms with Crippen LogP contribution in [0.15, 0.2) is 10.5 Å². The summed E-state index contributed by atoms with van der Waals surface area (Å²) in [5.74, 6) is 1.11. The molecular weight excluding hydrogens is 154 g/mol. The van der Waals surface area contributed by atoms with Gasteiger partial charge >= 0.3 is 0 Å². The molecule has 1 heterocycles. The first-order valence-corrected chi connectivity index (χ1v) is 4.00. The molecule has 3 nitrogen and oxygen atoms in total. The summed E-state index contributed by atoms with van der Waals surface area (Å²) in [6.07, 6.45) is 0.822. The van der Waals surface area contributed by atoms with Gasteiger partial charge in [0, 0.05) is 13.5 Å². The number of carbonyl (C=O) groups is 1. The van der Waals surface area contributed by atoms with E-state index in [1.807, 2.05) is 13.8 Å². The van der Waals surface area contributed by atoms with Gasteiger partial charge in [-0.2, -0.15) is 0 Å². The average molecular weight is 167 g/mol. The first-order chi connectivity index (χ1) is 5.69. The predicted octanol–water partition coefficient (Wildman–Crippen LogP) is 1.51. The van der Waals surface area contributed by atoms with E-state index in [-0.39, 0.29) is 5.91 Å². The fourth-order valence-corrected chi connectivity index (χ4v) is 1.11. The Bertz CT molecular complexity index is 289. The summed E-state index contributed by atoms with van der Waals surface area (Å²) < 4.78 is 5.30. The average Bonchev–Trinajstić information content (AvgIpc) is 2.45. The van der Waals surface area contributed by atoms with Crippen molar-refractivity contribution in [2.75, 3.05) is 7.05 Å². The van der Waals surface area contributed by atoms with Crippen molar-refractivity contribution in [1.82, 2.24) is 5.32 Å². The van der Waals surface area contributed by atoms with E-state index in [2.05, 4.69) is 5.32 Å². The largest absolute Gasteiger partial charge is 0.456 e. The smallest absolute Gasteiger partial charge is 0.286 e. The molecule has 0 radical (unpaired) electrons. The number of aryl methyl sites for hydroxylation is 2. The summed E-state index contributed by atoms with van der Waals surface area (Å²) >= 11 is 0. The molecule has 0 bridgehead atoms. The van der Waals surface area contributed by atoms with Crippen LogP contribution in [0.4, 0.5) is 0 Å². The zero-order chi connectivity index (χ0) is 9.14. The topological polar surface area (TPSA) is 42.2 Å². The molecule has 1 amide bonds. The third-order valence-electron chi connectivity index (χ3n) is 1.79. The van der Waals surface area contributed by atoms with Crippen LogP contribution >= 0.6 is 0 Å². The van der Waals surface area contributed by atoms with Gasteiger partial charge in [-0.05, 0) is 18.6 Å². The maximum Gasteiger partial charge on any atom is 0.286 e. The summed E-state index contributed by atoms with van der Waals surface area (Å²) in [7, 11) is 1.59. The van der Waals surface area contributed by atoms with Crippen molar-refractivity contribution in [1.29, 1.82) is 0 Å². The standard InChI is InChI=1S/C9H13NO2/c1-4-7-6(2)5-8(12-7)9(11)10-3/h5H,4H2,1-3H3,(H,10,11). The van der Waals surface area contributed by atoms with E-state index in [0.717, 1.165) is 17.7 Å². The second-order valence-corrected chi connectivity index (χ2v) is 2.65. The van der Waals surface area contributed by atoms with Crippen molar-refractivity contribution in [3.63, 3.8) is 0 Å². The molecular formula is C9H13NO2. The third-order valence-corrected chi connectivity index (χ3v) is 1.79. The van der Waals surface area contributed by atoms with Gasteiger partial charge in [0.05, 0.1) is 0 Å². The molecule has 0 aliphatic rings. The lowest BCUT2D eigenvalue weighted by Crippen LogP contribution is -2.16. The number of carbonyl (C=O) groups excluding carboxylic acids is 1. The van der Waals surface area contributed by atoms with Crippen LogP contribution in [-0.2, 0) is 6.42 Å². The molecule has 3 heteroatoms. The summed E-state index contributed by atoms with van der Waals surface area (Å²) in [5, 5.41) is 2.51. The van der Waals surface area contributed by atoms with Crippen molar-refractivity contribution >= 4 is 5.91 Å². The Hall–Kier alpha value is -1.25. The van der Waals surface area contributed by atoms with Crippen molar-refractivity contribution in [2.45, 2.75) is 20.3 Å². The van der Waals surface area contributed by atoms with Crippen LogP contribution in [0.5, 0.6) is 0 Å². The molecule has 0 saturated carbocycles. The van der Waals surface area contributed by atoms with Crippen LogP contribution < -0.4 is 5.32 Å². The minimum absolute atomic E-state index is 0.169. The van der Waals surface area contributed by atoms with Gasteiger partial charge in [0.1, 0.15) is 5.76 Å². The van der Waals surface area contributed by atoms with E-state index in [0.29, 0.717) is 5.76 Å². The Kier molecular flexibility index (Phi) is 2.53. The van der Waals surface area contributed by atoms with Crippen LogP contribution in [0.2, 0.25) is 0 Å². The lowest BCUT2D eigenvalue weighted by Gasteiger charge is -1.92.